The van der Waals surface area contributed by atoms with E-state index in [-0.39, 0.29) is 25.8 Å². The summed E-state index contributed by atoms with van der Waals surface area (Å²) >= 11 is 0. The van der Waals surface area contributed by atoms with E-state index in [0.717, 1.165) is 12.8 Å². The van der Waals surface area contributed by atoms with Crippen LogP contribution in [0, 0.1) is 0 Å². The first kappa shape index (κ1) is 9.95. The summed E-state index contributed by atoms with van der Waals surface area (Å²) in [6, 6.07) is 0. The third-order valence-electron chi connectivity index (χ3n) is 0.512. The summed E-state index contributed by atoms with van der Waals surface area (Å²) in [5.41, 5.74) is 0. The Morgan fingerprint density at radius 2 is 2.00 bits per heavy atom. The van der Waals surface area contributed by atoms with Gasteiger partial charge in [0.15, 0.2) is 0 Å². The van der Waals surface area contributed by atoms with E-state index in [9.17, 15) is 0 Å². The topological polar surface area (TPSA) is 20.2 Å². The first-order valence-electron chi connectivity index (χ1n) is 2.02. The number of aliphatic hydroxyl groups excluding tert-OH is 1. The SMILES string of the molecule is CCCCO.[Hf+4]. The van der Waals surface area contributed by atoms with Crippen LogP contribution in [0.15, 0.2) is 0 Å². The maximum absolute atomic E-state index is 8.07. The minimum atomic E-state index is 0. The Morgan fingerprint density at radius 1 is 1.50 bits per heavy atom. The molecule has 0 aliphatic rings. The van der Waals surface area contributed by atoms with E-state index in [1.165, 1.54) is 0 Å². The minimum Gasteiger partial charge on any atom is -0.396 e. The third-order valence-corrected chi connectivity index (χ3v) is 0.512. The van der Waals surface area contributed by atoms with Crippen LogP contribution in [-0.2, 0) is 25.8 Å². The zero-order valence-electron chi connectivity index (χ0n) is 4.07. The molecule has 0 bridgehead atoms. The second-order valence-corrected chi connectivity index (χ2v) is 1.08. The fourth-order valence-electron chi connectivity index (χ4n) is 0.158. The summed E-state index contributed by atoms with van der Waals surface area (Å²) in [6.45, 7) is 2.40. The molecule has 0 fully saturated rings. The molecule has 0 atom stereocenters. The maximum atomic E-state index is 8.07. The molecular formula is C4H10HfO+4. The van der Waals surface area contributed by atoms with E-state index < -0.39 is 0 Å². The number of hydrogen-bond donors (Lipinski definition) is 1. The number of unbranched alkanes of at least 4 members (excludes halogenated alkanes) is 1. The van der Waals surface area contributed by atoms with E-state index in [2.05, 4.69) is 6.92 Å². The molecule has 0 aromatic heterocycles. The van der Waals surface area contributed by atoms with Gasteiger partial charge in [-0.2, -0.15) is 0 Å². The molecule has 0 heterocycles. The van der Waals surface area contributed by atoms with Crippen molar-refractivity contribution >= 4 is 0 Å². The van der Waals surface area contributed by atoms with Gasteiger partial charge < -0.3 is 5.11 Å². The molecule has 1 N–H and O–H groups in total. The summed E-state index contributed by atoms with van der Waals surface area (Å²) in [6.07, 6.45) is 2.04. The molecule has 0 amide bonds. The molecule has 0 radical (unpaired) electrons. The van der Waals surface area contributed by atoms with Gasteiger partial charge in [0.1, 0.15) is 0 Å². The normalized spacial score (nSPS) is 7.00. The molecule has 0 spiro atoms. The van der Waals surface area contributed by atoms with E-state index in [4.69, 9.17) is 5.11 Å². The Hall–Kier alpha value is 0.830. The van der Waals surface area contributed by atoms with Crippen LogP contribution in [0.1, 0.15) is 19.8 Å². The van der Waals surface area contributed by atoms with Crippen LogP contribution in [0.5, 0.6) is 0 Å². The molecule has 6 heavy (non-hydrogen) atoms. The monoisotopic (exact) mass is 254 g/mol. The molecule has 1 nitrogen and oxygen atoms in total. The van der Waals surface area contributed by atoms with Crippen molar-refractivity contribution in [1.29, 1.82) is 0 Å². The van der Waals surface area contributed by atoms with Gasteiger partial charge in [-0.05, 0) is 6.42 Å². The summed E-state index contributed by atoms with van der Waals surface area (Å²) in [5.74, 6) is 0. The summed E-state index contributed by atoms with van der Waals surface area (Å²) in [7, 11) is 0. The van der Waals surface area contributed by atoms with Crippen molar-refractivity contribution in [2.45, 2.75) is 19.8 Å². The first-order chi connectivity index (χ1) is 2.41. The Kier molecular flexibility index (Phi) is 15.4. The van der Waals surface area contributed by atoms with Gasteiger partial charge in [-0.1, -0.05) is 13.3 Å². The molecule has 0 aromatic carbocycles. The van der Waals surface area contributed by atoms with Crippen molar-refractivity contribution in [3.63, 3.8) is 0 Å². The van der Waals surface area contributed by atoms with Crippen molar-refractivity contribution in [3.05, 3.63) is 0 Å². The molecule has 0 rings (SSSR count). The van der Waals surface area contributed by atoms with Crippen LogP contribution in [0.25, 0.3) is 0 Å². The summed E-state index contributed by atoms with van der Waals surface area (Å²) in [4.78, 5) is 0. The third kappa shape index (κ3) is 8.85. The first-order valence-corrected chi connectivity index (χ1v) is 2.02. The van der Waals surface area contributed by atoms with E-state index in [1.54, 1.807) is 0 Å². The second-order valence-electron chi connectivity index (χ2n) is 1.08. The Balaban J connectivity index is 0. The summed E-state index contributed by atoms with van der Waals surface area (Å²) < 4.78 is 0. The molecule has 32 valence electrons. The van der Waals surface area contributed by atoms with Crippen LogP contribution >= 0.6 is 0 Å². The predicted molar refractivity (Wildman–Crippen MR) is 22.0 cm³/mol. The smallest absolute Gasteiger partial charge is 0.396 e. The standard InChI is InChI=1S/C4H10O.Hf/c1-2-3-4-5;/h5H,2-4H2,1H3;/q;+4. The van der Waals surface area contributed by atoms with Crippen LogP contribution in [0.2, 0.25) is 0 Å². The fourth-order valence-corrected chi connectivity index (χ4v) is 0.158. The van der Waals surface area contributed by atoms with Crippen LogP contribution in [0.4, 0.5) is 0 Å². The van der Waals surface area contributed by atoms with Crippen molar-refractivity contribution < 1.29 is 30.9 Å². The van der Waals surface area contributed by atoms with Gasteiger partial charge in [0.2, 0.25) is 0 Å². The van der Waals surface area contributed by atoms with Gasteiger partial charge in [0.25, 0.3) is 0 Å². The van der Waals surface area contributed by atoms with Crippen molar-refractivity contribution in [1.82, 2.24) is 0 Å². The van der Waals surface area contributed by atoms with Crippen molar-refractivity contribution in [2.24, 2.45) is 0 Å². The second kappa shape index (κ2) is 9.27. The minimum absolute atomic E-state index is 0. The molecule has 0 aromatic rings. The Bertz CT molecular complexity index is 15.0. The van der Waals surface area contributed by atoms with Crippen LogP contribution < -0.4 is 0 Å². The molecule has 0 saturated heterocycles. The van der Waals surface area contributed by atoms with Crippen molar-refractivity contribution in [3.8, 4) is 0 Å². The fraction of sp³-hybridized carbons (Fsp3) is 1.00. The number of rotatable bonds is 2. The average molecular weight is 253 g/mol. The molecule has 2 heteroatoms. The maximum Gasteiger partial charge on any atom is 4.00 e. The largest absolute Gasteiger partial charge is 4.00 e. The van der Waals surface area contributed by atoms with Crippen LogP contribution in [-0.4, -0.2) is 11.7 Å². The molecule has 0 unspecified atom stereocenters. The molecular weight excluding hydrogens is 243 g/mol. The van der Waals surface area contributed by atoms with E-state index in [1.807, 2.05) is 0 Å². The van der Waals surface area contributed by atoms with Gasteiger partial charge in [0, 0.05) is 6.61 Å². The number of aliphatic hydroxyl groups is 1. The molecule has 0 saturated carbocycles. The van der Waals surface area contributed by atoms with Crippen molar-refractivity contribution in [2.75, 3.05) is 6.61 Å². The van der Waals surface area contributed by atoms with Gasteiger partial charge >= 0.3 is 25.8 Å². The zero-order valence-corrected chi connectivity index (χ0v) is 7.66. The number of hydrogen-bond acceptors (Lipinski definition) is 1. The summed E-state index contributed by atoms with van der Waals surface area (Å²) in [5, 5.41) is 8.07. The van der Waals surface area contributed by atoms with Gasteiger partial charge in [-0.3, -0.25) is 0 Å². The van der Waals surface area contributed by atoms with Gasteiger partial charge in [0.05, 0.1) is 0 Å². The predicted octanol–water partition coefficient (Wildman–Crippen LogP) is 0.776. The van der Waals surface area contributed by atoms with Crippen LogP contribution in [0.3, 0.4) is 0 Å². The molecule has 0 aliphatic heterocycles. The van der Waals surface area contributed by atoms with E-state index >= 15 is 0 Å². The van der Waals surface area contributed by atoms with Gasteiger partial charge in [-0.15, -0.1) is 0 Å². The quantitative estimate of drug-likeness (QED) is 0.720. The van der Waals surface area contributed by atoms with E-state index in [0.29, 0.717) is 6.61 Å². The Labute approximate surface area is 57.5 Å². The zero-order chi connectivity index (χ0) is 4.12. The van der Waals surface area contributed by atoms with Gasteiger partial charge in [-0.25, -0.2) is 0 Å². The molecule has 0 aliphatic carbocycles. The average Bonchev–Trinajstić information content (AvgIpc) is 1.41. The Morgan fingerprint density at radius 3 is 2.00 bits per heavy atom.